The van der Waals surface area contributed by atoms with Crippen LogP contribution in [-0.4, -0.2) is 22.3 Å². The Morgan fingerprint density at radius 2 is 1.87 bits per heavy atom. The lowest BCUT2D eigenvalue weighted by Crippen LogP contribution is -2.26. The topological polar surface area (TPSA) is 57.5 Å². The number of aliphatic hydroxyl groups excluding tert-OH is 1. The fourth-order valence-corrected chi connectivity index (χ4v) is 2.04. The number of hydrogen-bond acceptors (Lipinski definition) is 2. The lowest BCUT2D eigenvalue weighted by Gasteiger charge is -2.30. The number of unbranched alkanes of at least 4 members (excludes halogenated alkanes) is 3. The van der Waals surface area contributed by atoms with Crippen molar-refractivity contribution in [1.29, 1.82) is 0 Å². The molecule has 88 valence electrons. The number of hydrogen-bond donors (Lipinski definition) is 2. The number of rotatable bonds is 8. The first-order valence-electron chi connectivity index (χ1n) is 6.10. The van der Waals surface area contributed by atoms with Gasteiger partial charge in [0.05, 0.1) is 6.10 Å². The second-order valence-electron chi connectivity index (χ2n) is 4.60. The molecule has 0 spiro atoms. The van der Waals surface area contributed by atoms with E-state index in [-0.39, 0.29) is 12.5 Å². The molecule has 0 aliphatic heterocycles. The van der Waals surface area contributed by atoms with Crippen molar-refractivity contribution in [1.82, 2.24) is 0 Å². The normalized spacial score (nSPS) is 18.5. The summed E-state index contributed by atoms with van der Waals surface area (Å²) in [7, 11) is 0. The van der Waals surface area contributed by atoms with Gasteiger partial charge in [0.25, 0.3) is 0 Å². The van der Waals surface area contributed by atoms with Gasteiger partial charge in [0.2, 0.25) is 0 Å². The van der Waals surface area contributed by atoms with Crippen LogP contribution in [0.2, 0.25) is 0 Å². The van der Waals surface area contributed by atoms with Crippen LogP contribution in [0.3, 0.4) is 0 Å². The molecule has 1 rings (SSSR count). The number of aliphatic carboxylic acids is 1. The monoisotopic (exact) mass is 214 g/mol. The van der Waals surface area contributed by atoms with Crippen molar-refractivity contribution < 1.29 is 15.0 Å². The molecule has 1 saturated carbocycles. The first-order valence-corrected chi connectivity index (χ1v) is 6.10. The first-order chi connectivity index (χ1) is 7.20. The summed E-state index contributed by atoms with van der Waals surface area (Å²) in [4.78, 5) is 10.2. The summed E-state index contributed by atoms with van der Waals surface area (Å²) >= 11 is 0. The molecule has 0 radical (unpaired) electrons. The van der Waals surface area contributed by atoms with Gasteiger partial charge in [0.15, 0.2) is 0 Å². The Hall–Kier alpha value is -0.570. The number of carboxylic acids is 1. The van der Waals surface area contributed by atoms with Crippen molar-refractivity contribution in [3.63, 3.8) is 0 Å². The molecule has 3 nitrogen and oxygen atoms in total. The third-order valence-corrected chi connectivity index (χ3v) is 3.33. The van der Waals surface area contributed by atoms with Gasteiger partial charge in [-0.1, -0.05) is 25.7 Å². The minimum atomic E-state index is -0.704. The quantitative estimate of drug-likeness (QED) is 0.610. The van der Waals surface area contributed by atoms with Crippen molar-refractivity contribution in [2.24, 2.45) is 5.92 Å². The molecule has 0 saturated heterocycles. The molecule has 0 aromatic rings. The molecular weight excluding hydrogens is 192 g/mol. The number of carbonyl (C=O) groups is 1. The summed E-state index contributed by atoms with van der Waals surface area (Å²) in [6.45, 7) is 0. The van der Waals surface area contributed by atoms with E-state index in [1.54, 1.807) is 0 Å². The summed E-state index contributed by atoms with van der Waals surface area (Å²) in [5.41, 5.74) is 0. The van der Waals surface area contributed by atoms with Gasteiger partial charge in [-0.3, -0.25) is 4.79 Å². The second kappa shape index (κ2) is 6.83. The molecule has 1 unspecified atom stereocenters. The van der Waals surface area contributed by atoms with Gasteiger partial charge in [-0.2, -0.15) is 0 Å². The Balaban J connectivity index is 1.85. The maximum atomic E-state index is 10.2. The largest absolute Gasteiger partial charge is 0.481 e. The molecule has 0 heterocycles. The van der Waals surface area contributed by atoms with Crippen LogP contribution in [0.5, 0.6) is 0 Å². The molecule has 2 N–H and O–H groups in total. The third kappa shape index (κ3) is 5.17. The van der Waals surface area contributed by atoms with Crippen LogP contribution in [0.1, 0.15) is 57.8 Å². The van der Waals surface area contributed by atoms with E-state index in [1.807, 2.05) is 0 Å². The molecule has 0 bridgehead atoms. The van der Waals surface area contributed by atoms with E-state index in [0.717, 1.165) is 32.1 Å². The minimum absolute atomic E-state index is 0.0989. The van der Waals surface area contributed by atoms with Crippen molar-refractivity contribution in [2.45, 2.75) is 63.9 Å². The molecule has 0 aromatic heterocycles. The zero-order chi connectivity index (χ0) is 11.1. The molecule has 0 aromatic carbocycles. The van der Waals surface area contributed by atoms with E-state index in [9.17, 15) is 9.90 Å². The van der Waals surface area contributed by atoms with E-state index < -0.39 is 5.97 Å². The highest BCUT2D eigenvalue weighted by Crippen LogP contribution is 2.31. The highest BCUT2D eigenvalue weighted by molar-refractivity contribution is 5.66. The maximum absolute atomic E-state index is 10.2. The van der Waals surface area contributed by atoms with Crippen LogP contribution in [0.25, 0.3) is 0 Å². The SMILES string of the molecule is O=C(O)CCCCCCC(O)C1CCC1. The Labute approximate surface area is 91.5 Å². The minimum Gasteiger partial charge on any atom is -0.481 e. The van der Waals surface area contributed by atoms with Crippen LogP contribution >= 0.6 is 0 Å². The number of aliphatic hydroxyl groups is 1. The third-order valence-electron chi connectivity index (χ3n) is 3.33. The van der Waals surface area contributed by atoms with Crippen molar-refractivity contribution in [3.8, 4) is 0 Å². The zero-order valence-corrected chi connectivity index (χ0v) is 9.32. The van der Waals surface area contributed by atoms with Crippen molar-refractivity contribution in [3.05, 3.63) is 0 Å². The van der Waals surface area contributed by atoms with Gasteiger partial charge in [0.1, 0.15) is 0 Å². The molecule has 15 heavy (non-hydrogen) atoms. The van der Waals surface area contributed by atoms with E-state index in [0.29, 0.717) is 5.92 Å². The fourth-order valence-electron chi connectivity index (χ4n) is 2.04. The van der Waals surface area contributed by atoms with Gasteiger partial charge in [-0.25, -0.2) is 0 Å². The van der Waals surface area contributed by atoms with E-state index in [4.69, 9.17) is 5.11 Å². The highest BCUT2D eigenvalue weighted by atomic mass is 16.4. The number of carboxylic acid groups (broad SMARTS) is 1. The smallest absolute Gasteiger partial charge is 0.303 e. The summed E-state index contributed by atoms with van der Waals surface area (Å²) in [6.07, 6.45) is 8.59. The fraction of sp³-hybridized carbons (Fsp3) is 0.917. The molecule has 1 fully saturated rings. The molecule has 1 aliphatic carbocycles. The maximum Gasteiger partial charge on any atom is 0.303 e. The second-order valence-corrected chi connectivity index (χ2v) is 4.60. The Kier molecular flexibility index (Phi) is 5.69. The Bertz CT molecular complexity index is 187. The molecule has 0 amide bonds. The predicted octanol–water partition coefficient (Wildman–Crippen LogP) is 2.57. The van der Waals surface area contributed by atoms with Crippen LogP contribution < -0.4 is 0 Å². The van der Waals surface area contributed by atoms with Crippen LogP contribution in [0.15, 0.2) is 0 Å². The Morgan fingerprint density at radius 1 is 1.20 bits per heavy atom. The summed E-state index contributed by atoms with van der Waals surface area (Å²) in [6, 6.07) is 0. The highest BCUT2D eigenvalue weighted by Gasteiger charge is 2.24. The van der Waals surface area contributed by atoms with Gasteiger partial charge >= 0.3 is 5.97 Å². The lowest BCUT2D eigenvalue weighted by atomic mass is 9.79. The molecule has 3 heteroatoms. The van der Waals surface area contributed by atoms with Gasteiger partial charge in [-0.15, -0.1) is 0 Å². The Morgan fingerprint density at radius 3 is 2.40 bits per heavy atom. The van der Waals surface area contributed by atoms with E-state index >= 15 is 0 Å². The van der Waals surface area contributed by atoms with Crippen LogP contribution in [-0.2, 0) is 4.79 Å². The average Bonchev–Trinajstić information content (AvgIpc) is 2.07. The lowest BCUT2D eigenvalue weighted by molar-refractivity contribution is -0.137. The summed E-state index contributed by atoms with van der Waals surface area (Å²) < 4.78 is 0. The standard InChI is InChI=1S/C12H22O3/c13-11(10-6-5-7-10)8-3-1-2-4-9-12(14)15/h10-11,13H,1-9H2,(H,14,15). The van der Waals surface area contributed by atoms with E-state index in [1.165, 1.54) is 19.3 Å². The molecular formula is C12H22O3. The summed E-state index contributed by atoms with van der Waals surface area (Å²) in [5.74, 6) is -0.145. The molecule has 1 atom stereocenters. The van der Waals surface area contributed by atoms with Gasteiger partial charge in [0, 0.05) is 6.42 Å². The van der Waals surface area contributed by atoms with Crippen LogP contribution in [0, 0.1) is 5.92 Å². The van der Waals surface area contributed by atoms with E-state index in [2.05, 4.69) is 0 Å². The van der Waals surface area contributed by atoms with Crippen LogP contribution in [0.4, 0.5) is 0 Å². The van der Waals surface area contributed by atoms with Gasteiger partial charge < -0.3 is 10.2 Å². The molecule has 1 aliphatic rings. The predicted molar refractivity (Wildman–Crippen MR) is 58.7 cm³/mol. The summed E-state index contributed by atoms with van der Waals surface area (Å²) in [5, 5.41) is 18.2. The van der Waals surface area contributed by atoms with Gasteiger partial charge in [-0.05, 0) is 31.6 Å². The zero-order valence-electron chi connectivity index (χ0n) is 9.32. The van der Waals surface area contributed by atoms with Crippen molar-refractivity contribution >= 4 is 5.97 Å². The first kappa shape index (κ1) is 12.5. The average molecular weight is 214 g/mol. The van der Waals surface area contributed by atoms with Crippen molar-refractivity contribution in [2.75, 3.05) is 0 Å².